The first-order valence-electron chi connectivity index (χ1n) is 5.70. The van der Waals surface area contributed by atoms with Crippen molar-refractivity contribution in [3.8, 4) is 0 Å². The summed E-state index contributed by atoms with van der Waals surface area (Å²) in [6, 6.07) is 8.76. The van der Waals surface area contributed by atoms with Crippen molar-refractivity contribution in [2.24, 2.45) is 5.84 Å². The third-order valence-electron chi connectivity index (χ3n) is 2.74. The molecule has 2 rings (SSSR count). The summed E-state index contributed by atoms with van der Waals surface area (Å²) < 4.78 is 5.01. The summed E-state index contributed by atoms with van der Waals surface area (Å²) in [6.07, 6.45) is -0.0945. The lowest BCUT2D eigenvalue weighted by molar-refractivity contribution is -0.129. The molecule has 1 unspecified atom stereocenters. The fourth-order valence-corrected chi connectivity index (χ4v) is 1.74. The molecule has 0 saturated carbocycles. The van der Waals surface area contributed by atoms with Gasteiger partial charge in [0.05, 0.1) is 0 Å². The van der Waals surface area contributed by atoms with Crippen LogP contribution >= 0.6 is 0 Å². The van der Waals surface area contributed by atoms with Crippen LogP contribution in [-0.4, -0.2) is 29.6 Å². The Morgan fingerprint density at radius 1 is 1.44 bits per heavy atom. The van der Waals surface area contributed by atoms with Crippen LogP contribution in [-0.2, 0) is 16.1 Å². The number of alkyl carbamates (subject to hydrolysis) is 1. The molecular formula is C12H15N3O3. The van der Waals surface area contributed by atoms with Gasteiger partial charge < -0.3 is 10.1 Å². The van der Waals surface area contributed by atoms with Crippen molar-refractivity contribution in [2.75, 3.05) is 6.54 Å². The number of carbonyl (C=O) groups excluding carboxylic acids is 2. The maximum Gasteiger partial charge on any atom is 0.408 e. The van der Waals surface area contributed by atoms with Crippen LogP contribution in [0.4, 0.5) is 4.79 Å². The van der Waals surface area contributed by atoms with Crippen molar-refractivity contribution < 1.29 is 14.3 Å². The summed E-state index contributed by atoms with van der Waals surface area (Å²) >= 11 is 0. The van der Waals surface area contributed by atoms with E-state index in [0.717, 1.165) is 10.6 Å². The summed E-state index contributed by atoms with van der Waals surface area (Å²) in [5.74, 6) is 5.12. The molecule has 1 aliphatic heterocycles. The largest absolute Gasteiger partial charge is 0.445 e. The van der Waals surface area contributed by atoms with Gasteiger partial charge in [0.1, 0.15) is 12.6 Å². The Labute approximate surface area is 105 Å². The molecule has 1 aromatic rings. The molecule has 0 radical (unpaired) electrons. The SMILES string of the molecule is NN1CCC(NC(=O)OCc2ccccc2)C1=O. The first-order valence-corrected chi connectivity index (χ1v) is 5.70. The van der Waals surface area contributed by atoms with Crippen molar-refractivity contribution in [1.29, 1.82) is 0 Å². The molecule has 96 valence electrons. The Hall–Kier alpha value is -2.08. The molecule has 1 saturated heterocycles. The van der Waals surface area contributed by atoms with Crippen molar-refractivity contribution in [3.05, 3.63) is 35.9 Å². The highest BCUT2D eigenvalue weighted by Crippen LogP contribution is 2.07. The molecule has 0 aliphatic carbocycles. The second kappa shape index (κ2) is 5.50. The number of ether oxygens (including phenoxy) is 1. The van der Waals surface area contributed by atoms with Crippen LogP contribution in [0.5, 0.6) is 0 Å². The van der Waals surface area contributed by atoms with Gasteiger partial charge in [0.2, 0.25) is 0 Å². The predicted molar refractivity (Wildman–Crippen MR) is 64.1 cm³/mol. The first kappa shape index (κ1) is 12.4. The number of benzene rings is 1. The summed E-state index contributed by atoms with van der Waals surface area (Å²) in [5.41, 5.74) is 0.894. The zero-order valence-electron chi connectivity index (χ0n) is 9.83. The van der Waals surface area contributed by atoms with Gasteiger partial charge in [0, 0.05) is 6.54 Å². The number of amides is 2. The molecule has 1 aromatic carbocycles. The van der Waals surface area contributed by atoms with Crippen LogP contribution in [0.25, 0.3) is 0 Å². The molecule has 6 heteroatoms. The standard InChI is InChI=1S/C12H15N3O3/c13-15-7-6-10(11(15)16)14-12(17)18-8-9-4-2-1-3-5-9/h1-5,10H,6-8,13H2,(H,14,17). The summed E-state index contributed by atoms with van der Waals surface area (Å²) in [4.78, 5) is 22.9. The molecule has 0 aromatic heterocycles. The minimum absolute atomic E-state index is 0.180. The number of carbonyl (C=O) groups is 2. The lowest BCUT2D eigenvalue weighted by Gasteiger charge is -2.12. The second-order valence-electron chi connectivity index (χ2n) is 4.08. The van der Waals surface area contributed by atoms with Gasteiger partial charge in [-0.15, -0.1) is 0 Å². The zero-order valence-corrected chi connectivity index (χ0v) is 9.83. The molecule has 1 heterocycles. The average Bonchev–Trinajstić information content (AvgIpc) is 2.70. The van der Waals surface area contributed by atoms with E-state index in [1.165, 1.54) is 0 Å². The molecule has 0 spiro atoms. The first-order chi connectivity index (χ1) is 8.66. The third-order valence-corrected chi connectivity index (χ3v) is 2.74. The van der Waals surface area contributed by atoms with Gasteiger partial charge in [-0.1, -0.05) is 30.3 Å². The quantitative estimate of drug-likeness (QED) is 0.599. The Kier molecular flexibility index (Phi) is 3.78. The van der Waals surface area contributed by atoms with Crippen LogP contribution in [0, 0.1) is 0 Å². The molecule has 1 fully saturated rings. The van der Waals surface area contributed by atoms with Crippen LogP contribution in [0.2, 0.25) is 0 Å². The number of hydrogen-bond acceptors (Lipinski definition) is 4. The van der Waals surface area contributed by atoms with Gasteiger partial charge in [0.25, 0.3) is 5.91 Å². The highest BCUT2D eigenvalue weighted by atomic mass is 16.5. The van der Waals surface area contributed by atoms with Gasteiger partial charge in [0.15, 0.2) is 0 Å². The van der Waals surface area contributed by atoms with Crippen LogP contribution in [0.1, 0.15) is 12.0 Å². The molecule has 0 bridgehead atoms. The maximum absolute atomic E-state index is 11.5. The topological polar surface area (TPSA) is 84.7 Å². The van der Waals surface area contributed by atoms with Crippen molar-refractivity contribution in [3.63, 3.8) is 0 Å². The summed E-state index contributed by atoms with van der Waals surface area (Å²) in [6.45, 7) is 0.627. The van der Waals surface area contributed by atoms with E-state index in [2.05, 4.69) is 5.32 Å². The predicted octanol–water partition coefficient (Wildman–Crippen LogP) is 0.387. The van der Waals surface area contributed by atoms with Crippen molar-refractivity contribution in [1.82, 2.24) is 10.3 Å². The fourth-order valence-electron chi connectivity index (χ4n) is 1.74. The maximum atomic E-state index is 11.5. The minimum Gasteiger partial charge on any atom is -0.445 e. The van der Waals surface area contributed by atoms with Gasteiger partial charge in [-0.2, -0.15) is 0 Å². The van der Waals surface area contributed by atoms with Gasteiger partial charge in [-0.05, 0) is 12.0 Å². The van der Waals surface area contributed by atoms with E-state index in [1.54, 1.807) is 0 Å². The average molecular weight is 249 g/mol. The lowest BCUT2D eigenvalue weighted by atomic mass is 10.2. The molecule has 1 aliphatic rings. The van der Waals surface area contributed by atoms with E-state index in [0.29, 0.717) is 13.0 Å². The van der Waals surface area contributed by atoms with E-state index in [9.17, 15) is 9.59 Å². The van der Waals surface area contributed by atoms with Crippen LogP contribution < -0.4 is 11.2 Å². The van der Waals surface area contributed by atoms with Gasteiger partial charge in [-0.25, -0.2) is 10.6 Å². The molecule has 1 atom stereocenters. The lowest BCUT2D eigenvalue weighted by Crippen LogP contribution is -2.43. The van der Waals surface area contributed by atoms with Crippen LogP contribution in [0.3, 0.4) is 0 Å². The minimum atomic E-state index is -0.604. The Bertz CT molecular complexity index is 435. The smallest absolute Gasteiger partial charge is 0.408 e. The number of hydrazine groups is 1. The monoisotopic (exact) mass is 249 g/mol. The number of nitrogens with zero attached hydrogens (tertiary/aromatic N) is 1. The second-order valence-corrected chi connectivity index (χ2v) is 4.08. The van der Waals surface area contributed by atoms with E-state index in [4.69, 9.17) is 10.6 Å². The van der Waals surface area contributed by atoms with Gasteiger partial charge in [-0.3, -0.25) is 9.80 Å². The third kappa shape index (κ3) is 2.98. The fraction of sp³-hybridized carbons (Fsp3) is 0.333. The highest BCUT2D eigenvalue weighted by molar-refractivity contribution is 5.86. The number of hydrogen-bond donors (Lipinski definition) is 2. The molecule has 6 nitrogen and oxygen atoms in total. The van der Waals surface area contributed by atoms with E-state index in [1.807, 2.05) is 30.3 Å². The summed E-state index contributed by atoms with van der Waals surface area (Å²) in [5, 5.41) is 3.60. The molecular weight excluding hydrogens is 234 g/mol. The number of nitrogens with one attached hydrogen (secondary N) is 1. The van der Waals surface area contributed by atoms with E-state index < -0.39 is 12.1 Å². The van der Waals surface area contributed by atoms with Crippen LogP contribution in [0.15, 0.2) is 30.3 Å². The number of rotatable bonds is 3. The van der Waals surface area contributed by atoms with Gasteiger partial charge >= 0.3 is 6.09 Å². The molecule has 3 N–H and O–H groups in total. The Morgan fingerprint density at radius 3 is 2.78 bits per heavy atom. The molecule has 18 heavy (non-hydrogen) atoms. The normalized spacial score (nSPS) is 18.8. The number of nitrogens with two attached hydrogens (primary N) is 1. The van der Waals surface area contributed by atoms with E-state index in [-0.39, 0.29) is 12.5 Å². The zero-order chi connectivity index (χ0) is 13.0. The van der Waals surface area contributed by atoms with E-state index >= 15 is 0 Å². The Morgan fingerprint density at radius 2 is 2.17 bits per heavy atom. The molecule has 2 amide bonds. The van der Waals surface area contributed by atoms with Crippen molar-refractivity contribution >= 4 is 12.0 Å². The highest BCUT2D eigenvalue weighted by Gasteiger charge is 2.31. The summed E-state index contributed by atoms with van der Waals surface area (Å²) in [7, 11) is 0. The van der Waals surface area contributed by atoms with Crippen molar-refractivity contribution in [2.45, 2.75) is 19.1 Å². The Balaban J connectivity index is 1.78.